The zero-order chi connectivity index (χ0) is 28.5. The van der Waals surface area contributed by atoms with Crippen LogP contribution in [0.1, 0.15) is 38.2 Å². The first kappa shape index (κ1) is 28.2. The van der Waals surface area contributed by atoms with Crippen molar-refractivity contribution < 1.29 is 4.79 Å². The van der Waals surface area contributed by atoms with Crippen molar-refractivity contribution in [3.05, 3.63) is 48.3 Å². The number of piperidine rings is 1. The minimum atomic E-state index is 0.113. The zero-order valence-electron chi connectivity index (χ0n) is 24.8. The second-order valence-corrected chi connectivity index (χ2v) is 13.2. The van der Waals surface area contributed by atoms with Gasteiger partial charge < -0.3 is 19.6 Å². The van der Waals surface area contributed by atoms with Crippen molar-refractivity contribution >= 4 is 27.3 Å². The van der Waals surface area contributed by atoms with E-state index in [0.717, 1.165) is 106 Å². The van der Waals surface area contributed by atoms with Crippen LogP contribution in [-0.4, -0.2) is 119 Å². The number of carbonyl (C=O) groups excluding carboxylic acids is 1. The van der Waals surface area contributed by atoms with Gasteiger partial charge in [-0.2, -0.15) is 0 Å². The molecule has 0 radical (unpaired) electrons. The lowest BCUT2D eigenvalue weighted by Crippen LogP contribution is -2.53. The van der Waals surface area contributed by atoms with Gasteiger partial charge in [0, 0.05) is 89.2 Å². The molecule has 10 heteroatoms. The van der Waals surface area contributed by atoms with Crippen molar-refractivity contribution in [1.29, 1.82) is 0 Å². The number of hydrogen-bond donors (Lipinski definition) is 0. The molecule has 0 aliphatic carbocycles. The summed E-state index contributed by atoms with van der Waals surface area (Å²) in [5.74, 6) is 0.971. The van der Waals surface area contributed by atoms with Crippen LogP contribution in [0.25, 0.3) is 16.2 Å². The van der Waals surface area contributed by atoms with Crippen LogP contribution < -0.4 is 4.90 Å². The molecule has 3 aliphatic rings. The van der Waals surface area contributed by atoms with E-state index < -0.39 is 0 Å². The lowest BCUT2D eigenvalue weighted by molar-refractivity contribution is -0.137. The van der Waals surface area contributed by atoms with E-state index in [1.807, 2.05) is 10.7 Å². The van der Waals surface area contributed by atoms with Gasteiger partial charge in [0.25, 0.3) is 0 Å². The van der Waals surface area contributed by atoms with Gasteiger partial charge in [0.15, 0.2) is 0 Å². The summed E-state index contributed by atoms with van der Waals surface area (Å²) >= 11 is 1.63. The van der Waals surface area contributed by atoms with Crippen LogP contribution in [0.15, 0.2) is 42.7 Å². The number of imidazole rings is 1. The first-order valence-electron chi connectivity index (χ1n) is 15.2. The number of nitrogens with zero attached hydrogens (tertiary/aromatic N) is 8. The van der Waals surface area contributed by atoms with Crippen molar-refractivity contribution in [3.63, 3.8) is 0 Å². The van der Waals surface area contributed by atoms with E-state index in [1.54, 1.807) is 11.3 Å². The van der Waals surface area contributed by atoms with E-state index in [0.29, 0.717) is 11.8 Å². The molecule has 0 N–H and O–H groups in total. The van der Waals surface area contributed by atoms with E-state index >= 15 is 0 Å². The molecule has 9 nitrogen and oxygen atoms in total. The van der Waals surface area contributed by atoms with E-state index in [4.69, 9.17) is 10.1 Å². The number of likely N-dealkylation sites (N-methyl/N-ethyl adjacent to an activating group) is 1. The SMILES string of the molecule is C=C(CN1CCN(C(=O)C2CCN(c3nn4cc(-c5ccc(C(C)C)cc5)nc4s3)CC2)CC1)N1CCN(C)CC1. The number of fused-ring (bicyclic) bond motifs is 1. The average Bonchev–Trinajstić information content (AvgIpc) is 3.58. The minimum Gasteiger partial charge on any atom is -0.372 e. The van der Waals surface area contributed by atoms with Crippen LogP contribution in [0.4, 0.5) is 5.13 Å². The fraction of sp³-hybridized carbons (Fsp3) is 0.581. The Kier molecular flexibility index (Phi) is 8.33. The van der Waals surface area contributed by atoms with Crippen molar-refractivity contribution in [1.82, 2.24) is 34.2 Å². The molecule has 1 amide bonds. The second-order valence-electron chi connectivity index (χ2n) is 12.2. The van der Waals surface area contributed by atoms with Gasteiger partial charge in [0.05, 0.1) is 11.9 Å². The summed E-state index contributed by atoms with van der Waals surface area (Å²) < 4.78 is 1.90. The first-order chi connectivity index (χ1) is 19.8. The smallest absolute Gasteiger partial charge is 0.225 e. The Morgan fingerprint density at radius 2 is 1.61 bits per heavy atom. The number of aromatic nitrogens is 3. The maximum absolute atomic E-state index is 13.4. The molecular formula is C31H44N8OS. The maximum Gasteiger partial charge on any atom is 0.225 e. The highest BCUT2D eigenvalue weighted by Gasteiger charge is 2.32. The lowest BCUT2D eigenvalue weighted by atomic mass is 9.95. The van der Waals surface area contributed by atoms with Crippen LogP contribution in [0.2, 0.25) is 0 Å². The molecule has 3 saturated heterocycles. The molecule has 41 heavy (non-hydrogen) atoms. The lowest BCUT2D eigenvalue weighted by Gasteiger charge is -2.40. The number of piperazine rings is 2. The normalized spacial score (nSPS) is 20.0. The summed E-state index contributed by atoms with van der Waals surface area (Å²) in [4.78, 5) is 30.8. The van der Waals surface area contributed by atoms with Gasteiger partial charge in [0.1, 0.15) is 0 Å². The van der Waals surface area contributed by atoms with Crippen molar-refractivity contribution in [2.24, 2.45) is 5.92 Å². The predicted octanol–water partition coefficient (Wildman–Crippen LogP) is 3.70. The number of rotatable bonds is 7. The summed E-state index contributed by atoms with van der Waals surface area (Å²) in [6.45, 7) is 19.3. The average molecular weight is 577 g/mol. The third-order valence-corrected chi connectivity index (χ3v) is 10.0. The quantitative estimate of drug-likeness (QED) is 0.425. The van der Waals surface area contributed by atoms with Gasteiger partial charge in [-0.1, -0.05) is 56.0 Å². The van der Waals surface area contributed by atoms with Gasteiger partial charge in [-0.3, -0.25) is 9.69 Å². The number of amides is 1. The third-order valence-electron chi connectivity index (χ3n) is 9.06. The molecule has 6 rings (SSSR count). The summed E-state index contributed by atoms with van der Waals surface area (Å²) in [5.41, 5.74) is 4.63. The van der Waals surface area contributed by atoms with Crippen LogP contribution in [0.3, 0.4) is 0 Å². The summed E-state index contributed by atoms with van der Waals surface area (Å²) in [6.07, 6.45) is 3.79. The van der Waals surface area contributed by atoms with Crippen LogP contribution in [0, 0.1) is 5.92 Å². The maximum atomic E-state index is 13.4. The zero-order valence-corrected chi connectivity index (χ0v) is 25.7. The highest BCUT2D eigenvalue weighted by atomic mass is 32.1. The number of anilines is 1. The van der Waals surface area contributed by atoms with E-state index in [9.17, 15) is 4.79 Å². The van der Waals surface area contributed by atoms with E-state index in [-0.39, 0.29) is 5.92 Å². The largest absolute Gasteiger partial charge is 0.372 e. The van der Waals surface area contributed by atoms with Gasteiger partial charge in [-0.25, -0.2) is 9.50 Å². The Hall–Kier alpha value is -2.95. The Balaban J connectivity index is 0.969. The van der Waals surface area contributed by atoms with Crippen LogP contribution in [-0.2, 0) is 4.79 Å². The minimum absolute atomic E-state index is 0.113. The predicted molar refractivity (Wildman–Crippen MR) is 167 cm³/mol. The van der Waals surface area contributed by atoms with E-state index in [1.165, 1.54) is 11.3 Å². The van der Waals surface area contributed by atoms with Crippen molar-refractivity contribution in [2.45, 2.75) is 32.6 Å². The molecule has 0 spiro atoms. The summed E-state index contributed by atoms with van der Waals surface area (Å²) in [6, 6.07) is 8.67. The molecule has 0 bridgehead atoms. The highest BCUT2D eigenvalue weighted by Crippen LogP contribution is 2.31. The molecular weight excluding hydrogens is 532 g/mol. The second kappa shape index (κ2) is 12.1. The standard InChI is InChI=1S/C31H44N8OS/c1-23(2)25-5-7-26(8-6-25)28-22-39-30(32-28)41-31(33-39)38-11-9-27(10-12-38)29(40)37-19-15-35(16-20-37)21-24(3)36-17-13-34(4)14-18-36/h5-8,22-23,27H,3,9-21H2,1-2,4H3. The molecule has 1 aromatic carbocycles. The first-order valence-corrected chi connectivity index (χ1v) is 16.0. The molecule has 2 aromatic heterocycles. The van der Waals surface area contributed by atoms with E-state index in [2.05, 4.69) is 76.2 Å². The summed E-state index contributed by atoms with van der Waals surface area (Å²) in [7, 11) is 2.18. The Labute approximate surface area is 248 Å². The topological polar surface area (TPSA) is 63.5 Å². The molecule has 5 heterocycles. The monoisotopic (exact) mass is 576 g/mol. The summed E-state index contributed by atoms with van der Waals surface area (Å²) in [5, 5.41) is 5.84. The Morgan fingerprint density at radius 1 is 0.951 bits per heavy atom. The highest BCUT2D eigenvalue weighted by molar-refractivity contribution is 7.20. The van der Waals surface area contributed by atoms with Crippen molar-refractivity contribution in [3.8, 4) is 11.3 Å². The molecule has 220 valence electrons. The fourth-order valence-electron chi connectivity index (χ4n) is 6.18. The third kappa shape index (κ3) is 6.29. The molecule has 3 aliphatic heterocycles. The van der Waals surface area contributed by atoms with Gasteiger partial charge in [-0.05, 0) is 31.4 Å². The Bertz CT molecular complexity index is 1310. The van der Waals surface area contributed by atoms with Crippen molar-refractivity contribution in [2.75, 3.05) is 83.9 Å². The fourth-order valence-corrected chi connectivity index (χ4v) is 7.11. The molecule has 0 saturated carbocycles. The number of hydrogen-bond acceptors (Lipinski definition) is 8. The molecule has 3 aromatic rings. The van der Waals surface area contributed by atoms with Crippen LogP contribution >= 0.6 is 11.3 Å². The van der Waals surface area contributed by atoms with Gasteiger partial charge >= 0.3 is 0 Å². The Morgan fingerprint density at radius 3 is 2.24 bits per heavy atom. The molecule has 3 fully saturated rings. The van der Waals surface area contributed by atoms with Gasteiger partial charge in [-0.15, -0.1) is 5.10 Å². The number of carbonyl (C=O) groups is 1. The molecule has 0 unspecified atom stereocenters. The molecule has 0 atom stereocenters. The van der Waals surface area contributed by atoms with Crippen LogP contribution in [0.5, 0.6) is 0 Å². The number of benzene rings is 1. The van der Waals surface area contributed by atoms with Gasteiger partial charge in [0.2, 0.25) is 16.0 Å².